The summed E-state index contributed by atoms with van der Waals surface area (Å²) >= 11 is 0. The Morgan fingerprint density at radius 1 is 1.17 bits per heavy atom. The van der Waals surface area contributed by atoms with Crippen LogP contribution in [0.5, 0.6) is 5.75 Å². The van der Waals surface area contributed by atoms with E-state index < -0.39 is 0 Å². The monoisotopic (exact) mass is 251 g/mol. The van der Waals surface area contributed by atoms with E-state index in [1.165, 1.54) is 16.7 Å². The molecule has 0 saturated heterocycles. The van der Waals surface area contributed by atoms with E-state index in [1.54, 1.807) is 14.2 Å². The van der Waals surface area contributed by atoms with E-state index >= 15 is 0 Å². The van der Waals surface area contributed by atoms with E-state index in [9.17, 15) is 0 Å². The number of hydrogen-bond acceptors (Lipinski definition) is 3. The van der Waals surface area contributed by atoms with Gasteiger partial charge in [0.2, 0.25) is 0 Å². The molecule has 1 rings (SSSR count). The second-order valence-electron chi connectivity index (χ2n) is 4.57. The highest BCUT2D eigenvalue weighted by Gasteiger charge is 2.14. The van der Waals surface area contributed by atoms with Crippen molar-refractivity contribution >= 4 is 0 Å². The lowest BCUT2D eigenvalue weighted by Crippen LogP contribution is -2.23. The van der Waals surface area contributed by atoms with Crippen LogP contribution < -0.4 is 10.1 Å². The molecule has 0 saturated carbocycles. The van der Waals surface area contributed by atoms with Crippen LogP contribution in [0.25, 0.3) is 0 Å². The number of hydrogen-bond donors (Lipinski definition) is 1. The molecule has 0 amide bonds. The Kier molecular flexibility index (Phi) is 6.16. The van der Waals surface area contributed by atoms with Crippen LogP contribution in [0.3, 0.4) is 0 Å². The molecule has 1 aromatic carbocycles. The number of rotatable bonds is 7. The predicted octanol–water partition coefficient (Wildman–Crippen LogP) is 3.00. The zero-order valence-electron chi connectivity index (χ0n) is 12.2. The van der Waals surface area contributed by atoms with Gasteiger partial charge in [-0.05, 0) is 49.6 Å². The maximum atomic E-state index is 5.36. The van der Waals surface area contributed by atoms with E-state index in [4.69, 9.17) is 9.47 Å². The maximum absolute atomic E-state index is 5.36. The highest BCUT2D eigenvalue weighted by atomic mass is 16.5. The molecule has 0 aliphatic heterocycles. The van der Waals surface area contributed by atoms with E-state index in [0.29, 0.717) is 6.04 Å². The summed E-state index contributed by atoms with van der Waals surface area (Å²) in [6, 6.07) is 4.68. The minimum atomic E-state index is 0.347. The van der Waals surface area contributed by atoms with Gasteiger partial charge < -0.3 is 14.8 Å². The molecule has 0 bridgehead atoms. The first-order chi connectivity index (χ1) is 8.63. The van der Waals surface area contributed by atoms with Crippen molar-refractivity contribution in [1.82, 2.24) is 5.32 Å². The molecule has 102 valence electrons. The smallest absolute Gasteiger partial charge is 0.122 e. The summed E-state index contributed by atoms with van der Waals surface area (Å²) in [4.78, 5) is 0. The lowest BCUT2D eigenvalue weighted by Gasteiger charge is -2.21. The Labute approximate surface area is 110 Å². The van der Waals surface area contributed by atoms with Gasteiger partial charge in [0.25, 0.3) is 0 Å². The summed E-state index contributed by atoms with van der Waals surface area (Å²) < 4.78 is 10.5. The molecule has 3 heteroatoms. The Bertz CT molecular complexity index is 377. The van der Waals surface area contributed by atoms with Gasteiger partial charge in [0, 0.05) is 19.8 Å². The van der Waals surface area contributed by atoms with E-state index in [2.05, 4.69) is 38.2 Å². The summed E-state index contributed by atoms with van der Waals surface area (Å²) in [5.74, 6) is 0.957. The fourth-order valence-corrected chi connectivity index (χ4v) is 2.26. The van der Waals surface area contributed by atoms with Crippen LogP contribution in [0.15, 0.2) is 12.1 Å². The van der Waals surface area contributed by atoms with Crippen molar-refractivity contribution < 1.29 is 9.47 Å². The van der Waals surface area contributed by atoms with Crippen molar-refractivity contribution in [1.29, 1.82) is 0 Å². The van der Waals surface area contributed by atoms with Gasteiger partial charge in [-0.15, -0.1) is 0 Å². The first kappa shape index (κ1) is 15.0. The summed E-state index contributed by atoms with van der Waals surface area (Å²) in [7, 11) is 3.46. The van der Waals surface area contributed by atoms with Crippen LogP contribution in [-0.4, -0.2) is 27.4 Å². The Morgan fingerprint density at radius 3 is 2.44 bits per heavy atom. The van der Waals surface area contributed by atoms with Crippen molar-refractivity contribution in [3.8, 4) is 5.75 Å². The molecule has 1 unspecified atom stereocenters. The maximum Gasteiger partial charge on any atom is 0.122 e. The molecule has 1 aromatic rings. The zero-order chi connectivity index (χ0) is 13.5. The van der Waals surface area contributed by atoms with Crippen LogP contribution in [0, 0.1) is 13.8 Å². The van der Waals surface area contributed by atoms with E-state index in [-0.39, 0.29) is 0 Å². The minimum Gasteiger partial charge on any atom is -0.496 e. The molecule has 1 N–H and O–H groups in total. The molecule has 1 atom stereocenters. The molecule has 0 fully saturated rings. The molecule has 0 aliphatic carbocycles. The first-order valence-corrected chi connectivity index (χ1v) is 6.51. The quantitative estimate of drug-likeness (QED) is 0.808. The molecule has 0 heterocycles. The van der Waals surface area contributed by atoms with Gasteiger partial charge >= 0.3 is 0 Å². The third-order valence-corrected chi connectivity index (χ3v) is 3.22. The Hall–Kier alpha value is -1.06. The average Bonchev–Trinajstić information content (AvgIpc) is 2.37. The highest BCUT2D eigenvalue weighted by Crippen LogP contribution is 2.28. The Balaban J connectivity index is 2.99. The summed E-state index contributed by atoms with van der Waals surface area (Å²) in [6.45, 7) is 8.07. The summed E-state index contributed by atoms with van der Waals surface area (Å²) in [5, 5.41) is 3.52. The predicted molar refractivity (Wildman–Crippen MR) is 75.4 cm³/mol. The minimum absolute atomic E-state index is 0.347. The van der Waals surface area contributed by atoms with E-state index in [0.717, 1.165) is 25.3 Å². The van der Waals surface area contributed by atoms with Gasteiger partial charge in [-0.1, -0.05) is 13.0 Å². The van der Waals surface area contributed by atoms with Crippen LogP contribution >= 0.6 is 0 Å². The average molecular weight is 251 g/mol. The lowest BCUT2D eigenvalue weighted by molar-refractivity contribution is 0.183. The summed E-state index contributed by atoms with van der Waals surface area (Å²) in [6.07, 6.45) is 0.983. The van der Waals surface area contributed by atoms with Crippen molar-refractivity contribution in [3.05, 3.63) is 28.8 Å². The molecule has 0 radical (unpaired) electrons. The van der Waals surface area contributed by atoms with Crippen molar-refractivity contribution in [3.63, 3.8) is 0 Å². The lowest BCUT2D eigenvalue weighted by atomic mass is 9.96. The fourth-order valence-electron chi connectivity index (χ4n) is 2.26. The third-order valence-electron chi connectivity index (χ3n) is 3.22. The van der Waals surface area contributed by atoms with Crippen molar-refractivity contribution in [2.75, 3.05) is 27.4 Å². The van der Waals surface area contributed by atoms with Gasteiger partial charge in [0.1, 0.15) is 5.75 Å². The number of benzene rings is 1. The van der Waals surface area contributed by atoms with Crippen molar-refractivity contribution in [2.45, 2.75) is 33.2 Å². The van der Waals surface area contributed by atoms with Crippen molar-refractivity contribution in [2.24, 2.45) is 0 Å². The van der Waals surface area contributed by atoms with Gasteiger partial charge in [-0.2, -0.15) is 0 Å². The number of nitrogens with one attached hydrogen (secondary N) is 1. The van der Waals surface area contributed by atoms with Gasteiger partial charge in [0.15, 0.2) is 0 Å². The van der Waals surface area contributed by atoms with Crippen LogP contribution in [0.2, 0.25) is 0 Å². The topological polar surface area (TPSA) is 30.5 Å². The highest BCUT2D eigenvalue weighted by molar-refractivity contribution is 5.42. The third kappa shape index (κ3) is 3.72. The second kappa shape index (κ2) is 7.39. The normalized spacial score (nSPS) is 12.5. The fraction of sp³-hybridized carbons (Fsp3) is 0.600. The van der Waals surface area contributed by atoms with Crippen LogP contribution in [0.4, 0.5) is 0 Å². The number of aryl methyl sites for hydroxylation is 2. The molecular weight excluding hydrogens is 226 g/mol. The van der Waals surface area contributed by atoms with Gasteiger partial charge in [-0.3, -0.25) is 0 Å². The number of methoxy groups -OCH3 is 2. The standard InChI is InChI=1S/C15H25NO2/c1-6-16-14(7-8-17-4)13-9-12(3)15(18-5)10-11(13)2/h9-10,14,16H,6-8H2,1-5H3. The molecule has 0 spiro atoms. The van der Waals surface area contributed by atoms with Gasteiger partial charge in [-0.25, -0.2) is 0 Å². The van der Waals surface area contributed by atoms with Crippen LogP contribution in [0.1, 0.15) is 36.1 Å². The number of ether oxygens (including phenoxy) is 2. The van der Waals surface area contributed by atoms with Crippen LogP contribution in [-0.2, 0) is 4.74 Å². The molecule has 3 nitrogen and oxygen atoms in total. The second-order valence-corrected chi connectivity index (χ2v) is 4.57. The zero-order valence-corrected chi connectivity index (χ0v) is 12.2. The molecule has 18 heavy (non-hydrogen) atoms. The van der Waals surface area contributed by atoms with Gasteiger partial charge in [0.05, 0.1) is 7.11 Å². The SMILES string of the molecule is CCNC(CCOC)c1cc(C)c(OC)cc1C. The largest absolute Gasteiger partial charge is 0.496 e. The Morgan fingerprint density at radius 2 is 1.89 bits per heavy atom. The summed E-state index contributed by atoms with van der Waals surface area (Å²) in [5.41, 5.74) is 3.78. The molecule has 0 aliphatic rings. The van der Waals surface area contributed by atoms with E-state index in [1.807, 2.05) is 0 Å². The first-order valence-electron chi connectivity index (χ1n) is 6.51. The molecular formula is C15H25NO2. The molecule has 0 aromatic heterocycles.